The summed E-state index contributed by atoms with van der Waals surface area (Å²) in [6.45, 7) is 1.30. The molecule has 0 spiro atoms. The Morgan fingerprint density at radius 1 is 1.28 bits per heavy atom. The van der Waals surface area contributed by atoms with Crippen molar-refractivity contribution >= 4 is 29.1 Å². The van der Waals surface area contributed by atoms with Gasteiger partial charge in [-0.2, -0.15) is 0 Å². The lowest BCUT2D eigenvalue weighted by Crippen LogP contribution is -2.28. The van der Waals surface area contributed by atoms with Gasteiger partial charge >= 0.3 is 0 Å². The Kier molecular flexibility index (Phi) is 3.01. The molecule has 1 aromatic carbocycles. The van der Waals surface area contributed by atoms with Crippen LogP contribution in [0.3, 0.4) is 0 Å². The summed E-state index contributed by atoms with van der Waals surface area (Å²) >= 11 is 0. The third-order valence-electron chi connectivity index (χ3n) is 2.60. The first-order valence-electron chi connectivity index (χ1n) is 5.45. The molecule has 1 fully saturated rings. The van der Waals surface area contributed by atoms with Crippen LogP contribution in [0.1, 0.15) is 19.8 Å². The van der Waals surface area contributed by atoms with Crippen molar-refractivity contribution in [2.45, 2.75) is 19.8 Å². The van der Waals surface area contributed by atoms with Gasteiger partial charge in [0, 0.05) is 19.8 Å². The Labute approximate surface area is 103 Å². The van der Waals surface area contributed by atoms with Gasteiger partial charge in [-0.15, -0.1) is 0 Å². The van der Waals surface area contributed by atoms with Crippen molar-refractivity contribution in [2.75, 3.05) is 10.2 Å². The number of aromatic hydroxyl groups is 1. The maximum Gasteiger partial charge on any atom is 0.234 e. The Bertz CT molecular complexity index is 523. The summed E-state index contributed by atoms with van der Waals surface area (Å²) in [6, 6.07) is 4.19. The normalized spacial score (nSPS) is 15.1. The number of hydrogen-bond acceptors (Lipinski definition) is 4. The summed E-state index contributed by atoms with van der Waals surface area (Å²) in [5, 5.41) is 12.0. The minimum Gasteiger partial charge on any atom is -0.506 e. The van der Waals surface area contributed by atoms with Crippen LogP contribution >= 0.6 is 0 Å². The molecule has 6 nitrogen and oxygen atoms in total. The molecule has 6 heteroatoms. The van der Waals surface area contributed by atoms with E-state index in [0.29, 0.717) is 5.69 Å². The zero-order valence-electron chi connectivity index (χ0n) is 9.77. The number of anilines is 2. The Morgan fingerprint density at radius 2 is 1.89 bits per heavy atom. The van der Waals surface area contributed by atoms with Crippen LogP contribution in [0.15, 0.2) is 18.2 Å². The van der Waals surface area contributed by atoms with Gasteiger partial charge in [0.05, 0.1) is 11.4 Å². The average Bonchev–Trinajstić information content (AvgIpc) is 2.62. The molecule has 1 aliphatic heterocycles. The first kappa shape index (κ1) is 12.1. The minimum atomic E-state index is -0.346. The molecule has 94 valence electrons. The number of benzene rings is 1. The molecule has 18 heavy (non-hydrogen) atoms. The summed E-state index contributed by atoms with van der Waals surface area (Å²) in [5.41, 5.74) is 0.525. The molecular formula is C12H12N2O4. The smallest absolute Gasteiger partial charge is 0.234 e. The number of phenolic OH excluding ortho intramolecular Hbond substituents is 1. The molecule has 0 aliphatic carbocycles. The molecule has 0 unspecified atom stereocenters. The third kappa shape index (κ3) is 2.17. The quantitative estimate of drug-likeness (QED) is 0.604. The number of carbonyl (C=O) groups is 3. The molecule has 3 amide bonds. The fraction of sp³-hybridized carbons (Fsp3) is 0.250. The van der Waals surface area contributed by atoms with Crippen LogP contribution in [0.2, 0.25) is 0 Å². The van der Waals surface area contributed by atoms with Crippen LogP contribution in [0.5, 0.6) is 5.75 Å². The number of amides is 3. The highest BCUT2D eigenvalue weighted by atomic mass is 16.3. The Hall–Kier alpha value is -2.37. The Balaban J connectivity index is 2.37. The number of rotatable bonds is 2. The standard InChI is InChI=1S/C12H12N2O4/c1-7(15)13-9-6-8(2-3-10(9)16)14-11(17)4-5-12(14)18/h2-3,6,16H,4-5H2,1H3,(H,13,15). The molecule has 0 bridgehead atoms. The molecule has 2 rings (SSSR count). The number of nitrogens with zero attached hydrogens (tertiary/aromatic N) is 1. The van der Waals surface area contributed by atoms with Crippen LogP contribution in [0.25, 0.3) is 0 Å². The van der Waals surface area contributed by atoms with Gasteiger partial charge in [0.1, 0.15) is 5.75 Å². The molecule has 0 atom stereocenters. The molecular weight excluding hydrogens is 236 g/mol. The molecule has 1 heterocycles. The van der Waals surface area contributed by atoms with Gasteiger partial charge in [-0.05, 0) is 18.2 Å². The van der Waals surface area contributed by atoms with Gasteiger partial charge < -0.3 is 10.4 Å². The zero-order valence-corrected chi connectivity index (χ0v) is 9.77. The van der Waals surface area contributed by atoms with E-state index in [1.807, 2.05) is 0 Å². The predicted molar refractivity (Wildman–Crippen MR) is 64.1 cm³/mol. The van der Waals surface area contributed by atoms with Gasteiger partial charge in [-0.25, -0.2) is 0 Å². The largest absolute Gasteiger partial charge is 0.506 e. The van der Waals surface area contributed by atoms with Gasteiger partial charge in [-0.3, -0.25) is 19.3 Å². The summed E-state index contributed by atoms with van der Waals surface area (Å²) < 4.78 is 0. The molecule has 0 saturated carbocycles. The molecule has 1 saturated heterocycles. The lowest BCUT2D eigenvalue weighted by molar-refractivity contribution is -0.121. The number of phenols is 1. The topological polar surface area (TPSA) is 86.7 Å². The number of imide groups is 1. The van der Waals surface area contributed by atoms with Gasteiger partial charge in [0.2, 0.25) is 17.7 Å². The number of carbonyl (C=O) groups excluding carboxylic acids is 3. The van der Waals surface area contributed by atoms with Crippen LogP contribution in [0, 0.1) is 0 Å². The van der Waals surface area contributed by atoms with E-state index in [0.717, 1.165) is 4.90 Å². The van der Waals surface area contributed by atoms with E-state index in [1.165, 1.54) is 25.1 Å². The summed E-state index contributed by atoms with van der Waals surface area (Å²) in [7, 11) is 0. The maximum absolute atomic E-state index is 11.6. The first-order valence-corrected chi connectivity index (χ1v) is 5.45. The minimum absolute atomic E-state index is 0.118. The van der Waals surface area contributed by atoms with Crippen LogP contribution in [0.4, 0.5) is 11.4 Å². The molecule has 0 radical (unpaired) electrons. The van der Waals surface area contributed by atoms with Crippen LogP contribution in [-0.4, -0.2) is 22.8 Å². The second-order valence-corrected chi connectivity index (χ2v) is 4.01. The third-order valence-corrected chi connectivity index (χ3v) is 2.60. The second kappa shape index (κ2) is 4.48. The van der Waals surface area contributed by atoms with E-state index in [9.17, 15) is 19.5 Å². The van der Waals surface area contributed by atoms with Crippen molar-refractivity contribution < 1.29 is 19.5 Å². The van der Waals surface area contributed by atoms with Crippen molar-refractivity contribution in [3.05, 3.63) is 18.2 Å². The molecule has 2 N–H and O–H groups in total. The summed E-state index contributed by atoms with van der Waals surface area (Å²) in [5.74, 6) is -1.02. The van der Waals surface area contributed by atoms with Crippen molar-refractivity contribution in [1.29, 1.82) is 0 Å². The monoisotopic (exact) mass is 248 g/mol. The van der Waals surface area contributed by atoms with Gasteiger partial charge in [-0.1, -0.05) is 0 Å². The van der Waals surface area contributed by atoms with Crippen molar-refractivity contribution in [3.63, 3.8) is 0 Å². The predicted octanol–water partition coefficient (Wildman–Crippen LogP) is 1.00. The van der Waals surface area contributed by atoms with Gasteiger partial charge in [0.25, 0.3) is 0 Å². The summed E-state index contributed by atoms with van der Waals surface area (Å²) in [6.07, 6.45) is 0.379. The van der Waals surface area contributed by atoms with E-state index in [2.05, 4.69) is 5.32 Å². The van der Waals surface area contributed by atoms with E-state index in [-0.39, 0.29) is 42.0 Å². The van der Waals surface area contributed by atoms with E-state index in [4.69, 9.17) is 0 Å². The number of nitrogens with one attached hydrogen (secondary N) is 1. The lowest BCUT2D eigenvalue weighted by atomic mass is 10.2. The fourth-order valence-electron chi connectivity index (χ4n) is 1.82. The summed E-state index contributed by atoms with van der Waals surface area (Å²) in [4.78, 5) is 35.1. The van der Waals surface area contributed by atoms with E-state index < -0.39 is 0 Å². The fourth-order valence-corrected chi connectivity index (χ4v) is 1.82. The van der Waals surface area contributed by atoms with Crippen molar-refractivity contribution in [1.82, 2.24) is 0 Å². The van der Waals surface area contributed by atoms with E-state index >= 15 is 0 Å². The SMILES string of the molecule is CC(=O)Nc1cc(N2C(=O)CCC2=O)ccc1O. The number of hydrogen-bond donors (Lipinski definition) is 2. The van der Waals surface area contributed by atoms with Crippen molar-refractivity contribution in [3.8, 4) is 5.75 Å². The van der Waals surface area contributed by atoms with E-state index in [1.54, 1.807) is 0 Å². The molecule has 1 aliphatic rings. The highest BCUT2D eigenvalue weighted by Gasteiger charge is 2.30. The van der Waals surface area contributed by atoms with Crippen LogP contribution < -0.4 is 10.2 Å². The molecule has 1 aromatic rings. The maximum atomic E-state index is 11.6. The molecule has 0 aromatic heterocycles. The Morgan fingerprint density at radius 3 is 2.44 bits per heavy atom. The highest BCUT2D eigenvalue weighted by molar-refractivity contribution is 6.20. The second-order valence-electron chi connectivity index (χ2n) is 4.01. The van der Waals surface area contributed by atoms with Crippen molar-refractivity contribution in [2.24, 2.45) is 0 Å². The van der Waals surface area contributed by atoms with Gasteiger partial charge in [0.15, 0.2) is 0 Å². The first-order chi connectivity index (χ1) is 8.49. The highest BCUT2D eigenvalue weighted by Crippen LogP contribution is 2.31. The van der Waals surface area contributed by atoms with Crippen LogP contribution in [-0.2, 0) is 14.4 Å². The average molecular weight is 248 g/mol. The zero-order chi connectivity index (χ0) is 13.3. The lowest BCUT2D eigenvalue weighted by Gasteiger charge is -2.15.